The summed E-state index contributed by atoms with van der Waals surface area (Å²) in [6.45, 7) is 1.73. The number of carbonyl (C=O) groups is 2. The Kier molecular flexibility index (Phi) is 8.83. The molecule has 1 aliphatic rings. The van der Waals surface area contributed by atoms with Gasteiger partial charge in [0, 0.05) is 55.1 Å². The van der Waals surface area contributed by atoms with Gasteiger partial charge in [-0.3, -0.25) is 14.6 Å². The third-order valence-corrected chi connectivity index (χ3v) is 6.17. The first-order valence-electron chi connectivity index (χ1n) is 11.4. The van der Waals surface area contributed by atoms with Gasteiger partial charge in [-0.05, 0) is 55.0 Å². The van der Waals surface area contributed by atoms with Gasteiger partial charge in [0.25, 0.3) is 0 Å². The maximum atomic E-state index is 13.0. The summed E-state index contributed by atoms with van der Waals surface area (Å²) in [6.07, 6.45) is 6.88. The van der Waals surface area contributed by atoms with E-state index in [9.17, 15) is 9.59 Å². The van der Waals surface area contributed by atoms with Crippen LogP contribution in [0, 0.1) is 5.92 Å². The minimum Gasteiger partial charge on any atom is -0.491 e. The lowest BCUT2D eigenvalue weighted by Crippen LogP contribution is -2.46. The monoisotopic (exact) mass is 479 g/mol. The van der Waals surface area contributed by atoms with Crippen molar-refractivity contribution < 1.29 is 19.4 Å². The second-order valence-electron chi connectivity index (χ2n) is 8.49. The minimum absolute atomic E-state index is 0. The summed E-state index contributed by atoms with van der Waals surface area (Å²) in [7, 11) is 0. The van der Waals surface area contributed by atoms with Crippen LogP contribution >= 0.6 is 0 Å². The quantitative estimate of drug-likeness (QED) is 0.425. The molecular weight excluding hydrogens is 446 g/mol. The van der Waals surface area contributed by atoms with Crippen molar-refractivity contribution in [1.82, 2.24) is 15.3 Å². The van der Waals surface area contributed by atoms with Crippen LogP contribution in [0.5, 0.6) is 5.75 Å². The molecule has 1 fully saturated rings. The summed E-state index contributed by atoms with van der Waals surface area (Å²) < 4.78 is 5.92. The van der Waals surface area contributed by atoms with Gasteiger partial charge >= 0.3 is 5.97 Å². The zero-order chi connectivity index (χ0) is 23.9. The van der Waals surface area contributed by atoms with Gasteiger partial charge in [-0.25, -0.2) is 4.98 Å². The van der Waals surface area contributed by atoms with Gasteiger partial charge in [-0.2, -0.15) is 0 Å². The smallest absolute Gasteiger partial charge is 0.303 e. The Morgan fingerprint density at radius 3 is 2.60 bits per heavy atom. The highest BCUT2D eigenvalue weighted by Crippen LogP contribution is 2.25. The average molecular weight is 480 g/mol. The molecule has 3 aromatic rings. The number of benzene rings is 1. The second kappa shape index (κ2) is 12.0. The molecule has 0 saturated carbocycles. The fourth-order valence-corrected chi connectivity index (χ4v) is 4.23. The molecule has 1 atom stereocenters. The number of rotatable bonds is 9. The van der Waals surface area contributed by atoms with E-state index in [1.54, 1.807) is 18.6 Å². The number of ether oxygens (including phenoxy) is 1. The number of fused-ring (bicyclic) bond motifs is 1. The Hall–Kier alpha value is -3.88. The van der Waals surface area contributed by atoms with E-state index in [1.165, 1.54) is 0 Å². The van der Waals surface area contributed by atoms with Crippen LogP contribution in [-0.2, 0) is 9.59 Å². The number of carboxylic acids is 1. The maximum absolute atomic E-state index is 13.0. The van der Waals surface area contributed by atoms with E-state index < -0.39 is 12.0 Å². The fourth-order valence-electron chi connectivity index (χ4n) is 4.23. The molecule has 0 radical (unpaired) electrons. The van der Waals surface area contributed by atoms with Crippen LogP contribution in [0.2, 0.25) is 0 Å². The zero-order valence-corrected chi connectivity index (χ0v) is 18.9. The van der Waals surface area contributed by atoms with E-state index in [0.717, 1.165) is 42.4 Å². The first-order valence-corrected chi connectivity index (χ1v) is 11.4. The van der Waals surface area contributed by atoms with Gasteiger partial charge in [-0.15, -0.1) is 0 Å². The number of nitrogens with one attached hydrogen (secondary N) is 1. The molecule has 9 heteroatoms. The number of nitrogen functional groups attached to an aromatic ring is 1. The summed E-state index contributed by atoms with van der Waals surface area (Å²) in [5.41, 5.74) is 7.07. The number of carbonyl (C=O) groups excluding carboxylic acids is 1. The third kappa shape index (κ3) is 6.81. The van der Waals surface area contributed by atoms with Crippen LogP contribution in [0.4, 0.5) is 11.5 Å². The highest BCUT2D eigenvalue weighted by molar-refractivity contribution is 5.91. The predicted octanol–water partition coefficient (Wildman–Crippen LogP) is 3.49. The topological polar surface area (TPSA) is 131 Å². The predicted molar refractivity (Wildman–Crippen MR) is 136 cm³/mol. The highest BCUT2D eigenvalue weighted by Gasteiger charge is 2.27. The SMILES string of the molecule is C.Nc1nccc2ccc(OC[C@@H](CCC(=O)O)NC(=O)C3CCN(c4ccncc4)CC3)cc12. The Labute approximate surface area is 205 Å². The van der Waals surface area contributed by atoms with Crippen LogP contribution in [0.25, 0.3) is 10.8 Å². The van der Waals surface area contributed by atoms with E-state index in [4.69, 9.17) is 15.6 Å². The number of anilines is 2. The van der Waals surface area contributed by atoms with Crippen molar-refractivity contribution in [2.45, 2.75) is 39.2 Å². The van der Waals surface area contributed by atoms with Crippen LogP contribution in [-0.4, -0.2) is 52.7 Å². The summed E-state index contributed by atoms with van der Waals surface area (Å²) in [5.74, 6) is -0.0732. The van der Waals surface area contributed by atoms with Crippen molar-refractivity contribution in [2.75, 3.05) is 30.3 Å². The van der Waals surface area contributed by atoms with Crippen LogP contribution in [0.15, 0.2) is 55.0 Å². The van der Waals surface area contributed by atoms with E-state index in [1.807, 2.05) is 36.4 Å². The van der Waals surface area contributed by atoms with Gasteiger partial charge in [-0.1, -0.05) is 13.5 Å². The molecule has 1 saturated heterocycles. The number of nitrogens with two attached hydrogens (primary N) is 1. The Morgan fingerprint density at radius 1 is 1.14 bits per heavy atom. The largest absolute Gasteiger partial charge is 0.491 e. The molecule has 35 heavy (non-hydrogen) atoms. The Balaban J connectivity index is 0.00000342. The molecule has 2 aromatic heterocycles. The lowest BCUT2D eigenvalue weighted by Gasteiger charge is -2.33. The van der Waals surface area contributed by atoms with Crippen molar-refractivity contribution in [2.24, 2.45) is 5.92 Å². The lowest BCUT2D eigenvalue weighted by atomic mass is 9.95. The first-order chi connectivity index (χ1) is 16.5. The number of piperidine rings is 1. The second-order valence-corrected chi connectivity index (χ2v) is 8.49. The van der Waals surface area contributed by atoms with E-state index in [0.29, 0.717) is 11.6 Å². The fraction of sp³-hybridized carbons (Fsp3) is 0.385. The Morgan fingerprint density at radius 2 is 1.89 bits per heavy atom. The van der Waals surface area contributed by atoms with Crippen molar-refractivity contribution in [3.63, 3.8) is 0 Å². The number of hydrogen-bond acceptors (Lipinski definition) is 7. The summed E-state index contributed by atoms with van der Waals surface area (Å²) in [4.78, 5) is 34.5. The summed E-state index contributed by atoms with van der Waals surface area (Å²) >= 11 is 0. The van der Waals surface area contributed by atoms with Crippen molar-refractivity contribution in [3.8, 4) is 5.75 Å². The molecule has 186 valence electrons. The summed E-state index contributed by atoms with van der Waals surface area (Å²) in [6, 6.07) is 10.9. The molecular formula is C26H33N5O4. The highest BCUT2D eigenvalue weighted by atomic mass is 16.5. The van der Waals surface area contributed by atoms with Crippen LogP contribution in [0.1, 0.15) is 33.1 Å². The van der Waals surface area contributed by atoms with E-state index in [2.05, 4.69) is 20.2 Å². The minimum atomic E-state index is -0.908. The van der Waals surface area contributed by atoms with Gasteiger partial charge < -0.3 is 25.8 Å². The molecule has 4 rings (SSSR count). The molecule has 0 spiro atoms. The standard InChI is InChI=1S/C25H29N5O4.CH4/c26-24-22-15-21(3-1-17(22)5-12-28-24)34-16-19(2-4-23(31)32)29-25(33)18-8-13-30(14-9-18)20-6-10-27-11-7-20;/h1,3,5-7,10-12,15,18-19H,2,4,8-9,13-14,16H2,(H2,26,28)(H,29,33)(H,31,32);1H4/t19-;/m1./s1. The molecule has 4 N–H and O–H groups in total. The van der Waals surface area contributed by atoms with E-state index in [-0.39, 0.29) is 38.7 Å². The van der Waals surface area contributed by atoms with Crippen molar-refractivity contribution in [3.05, 3.63) is 55.0 Å². The average Bonchev–Trinajstić information content (AvgIpc) is 2.86. The normalized spacial score (nSPS) is 14.7. The van der Waals surface area contributed by atoms with Crippen LogP contribution in [0.3, 0.4) is 0 Å². The molecule has 9 nitrogen and oxygen atoms in total. The molecule has 0 bridgehead atoms. The number of pyridine rings is 2. The first kappa shape index (κ1) is 25.7. The molecule has 1 aliphatic heterocycles. The van der Waals surface area contributed by atoms with Gasteiger partial charge in [0.2, 0.25) is 5.91 Å². The summed E-state index contributed by atoms with van der Waals surface area (Å²) in [5, 5.41) is 13.9. The lowest BCUT2D eigenvalue weighted by molar-refractivity contribution is -0.137. The molecule has 0 aliphatic carbocycles. The number of amides is 1. The van der Waals surface area contributed by atoms with Crippen LogP contribution < -0.4 is 20.7 Å². The number of aromatic nitrogens is 2. The number of aliphatic carboxylic acids is 1. The van der Waals surface area contributed by atoms with Gasteiger partial charge in [0.1, 0.15) is 18.2 Å². The van der Waals surface area contributed by atoms with Crippen molar-refractivity contribution >= 4 is 34.2 Å². The third-order valence-electron chi connectivity index (χ3n) is 6.17. The molecule has 1 aromatic carbocycles. The maximum Gasteiger partial charge on any atom is 0.303 e. The number of nitrogens with zero attached hydrogens (tertiary/aromatic N) is 3. The Bertz CT molecular complexity index is 1130. The van der Waals surface area contributed by atoms with Gasteiger partial charge in [0.05, 0.1) is 6.04 Å². The van der Waals surface area contributed by atoms with E-state index >= 15 is 0 Å². The number of carboxylic acid groups (broad SMARTS) is 1. The number of hydrogen-bond donors (Lipinski definition) is 3. The van der Waals surface area contributed by atoms with Gasteiger partial charge in [0.15, 0.2) is 0 Å². The molecule has 0 unspecified atom stereocenters. The van der Waals surface area contributed by atoms with Crippen molar-refractivity contribution in [1.29, 1.82) is 0 Å². The molecule has 1 amide bonds. The zero-order valence-electron chi connectivity index (χ0n) is 18.9. The molecule has 3 heterocycles.